The number of carbonyl (C=O) groups excluding carboxylic acids is 1. The van der Waals surface area contributed by atoms with Gasteiger partial charge in [0.1, 0.15) is 11.7 Å². The molecule has 2 saturated heterocycles. The minimum absolute atomic E-state index is 0.0187. The van der Waals surface area contributed by atoms with Crippen molar-refractivity contribution in [2.45, 2.75) is 115 Å². The van der Waals surface area contributed by atoms with Crippen molar-refractivity contribution >= 4 is 17.9 Å². The van der Waals surface area contributed by atoms with E-state index < -0.39 is 35.4 Å². The molecule has 2 rings (SSSR count). The Morgan fingerprint density at radius 1 is 1.02 bits per heavy atom. The summed E-state index contributed by atoms with van der Waals surface area (Å²) in [7, 11) is 0. The summed E-state index contributed by atoms with van der Waals surface area (Å²) in [6.45, 7) is 7.82. The molecular formula is C31H46O9. The molecule has 224 valence electrons. The Balaban J connectivity index is 2.38. The average molecular weight is 563 g/mol. The number of hydrogen-bond acceptors (Lipinski definition) is 7. The summed E-state index contributed by atoms with van der Waals surface area (Å²) in [5.41, 5.74) is 0.511. The molecular weight excluding hydrogens is 516 g/mol. The molecule has 0 aliphatic carbocycles. The summed E-state index contributed by atoms with van der Waals surface area (Å²) >= 11 is 0. The molecule has 0 aromatic heterocycles. The number of carboxylic acid groups (broad SMARTS) is 2. The second-order valence-electron chi connectivity index (χ2n) is 11.0. The number of esters is 1. The molecule has 2 heterocycles. The van der Waals surface area contributed by atoms with Crippen LogP contribution in [0.1, 0.15) is 91.9 Å². The van der Waals surface area contributed by atoms with E-state index in [-0.39, 0.29) is 25.6 Å². The molecule has 0 radical (unpaired) electrons. The molecule has 2 fully saturated rings. The van der Waals surface area contributed by atoms with E-state index in [1.54, 1.807) is 25.2 Å². The van der Waals surface area contributed by atoms with Gasteiger partial charge in [0.05, 0.1) is 25.6 Å². The van der Waals surface area contributed by atoms with Gasteiger partial charge in [-0.05, 0) is 57.4 Å². The van der Waals surface area contributed by atoms with Crippen LogP contribution in [0.2, 0.25) is 0 Å². The Bertz CT molecular complexity index is 995. The standard InChI is InChI=1S/C31H46O9/c1-5-6-16-30(40-29(37)14-13-27(33)34)18-19-31(39-26(30)12-10-23(3)21-28(35)36)17-15-24(4)25(38-31)11-9-22(2)8-7-20-32/h7-10,12,21,24-26,32H,5-6,11,13-20H2,1-4H3,(H,33,34)(H,35,36)/b8-7+,12-10+,22-9+,23-21+/t24-,25+,26-,30+,31-/m0/s1. The third-order valence-corrected chi connectivity index (χ3v) is 7.63. The minimum Gasteiger partial charge on any atom is -0.481 e. The fourth-order valence-corrected chi connectivity index (χ4v) is 5.27. The van der Waals surface area contributed by atoms with E-state index in [1.165, 1.54) is 0 Å². The highest BCUT2D eigenvalue weighted by Crippen LogP contribution is 2.48. The summed E-state index contributed by atoms with van der Waals surface area (Å²) < 4.78 is 19.4. The average Bonchev–Trinajstić information content (AvgIpc) is 2.90. The maximum atomic E-state index is 12.8. The van der Waals surface area contributed by atoms with Gasteiger partial charge in [0, 0.05) is 18.9 Å². The number of unbranched alkanes of at least 4 members (excludes halogenated alkanes) is 1. The minimum atomic E-state index is -1.07. The molecule has 0 saturated carbocycles. The first-order chi connectivity index (χ1) is 18.9. The van der Waals surface area contributed by atoms with E-state index in [1.807, 2.05) is 19.9 Å². The fraction of sp³-hybridized carbons (Fsp3) is 0.645. The summed E-state index contributed by atoms with van der Waals surface area (Å²) in [6.07, 6.45) is 14.1. The number of allylic oxidation sites excluding steroid dienone is 4. The summed E-state index contributed by atoms with van der Waals surface area (Å²) in [5.74, 6) is -3.32. The quantitative estimate of drug-likeness (QED) is 0.142. The normalized spacial score (nSPS) is 29.8. The summed E-state index contributed by atoms with van der Waals surface area (Å²) in [6, 6.07) is 0. The lowest BCUT2D eigenvalue weighted by Gasteiger charge is -2.53. The number of aliphatic carboxylic acids is 2. The fourth-order valence-electron chi connectivity index (χ4n) is 5.27. The number of carbonyl (C=O) groups is 3. The molecule has 0 aromatic rings. The van der Waals surface area contributed by atoms with E-state index >= 15 is 0 Å². The van der Waals surface area contributed by atoms with E-state index in [4.69, 9.17) is 29.5 Å². The van der Waals surface area contributed by atoms with Crippen molar-refractivity contribution in [3.05, 3.63) is 47.6 Å². The van der Waals surface area contributed by atoms with Crippen LogP contribution in [0, 0.1) is 5.92 Å². The van der Waals surface area contributed by atoms with Crippen LogP contribution in [0.15, 0.2) is 47.6 Å². The van der Waals surface area contributed by atoms with Crippen molar-refractivity contribution in [2.75, 3.05) is 6.61 Å². The second-order valence-corrected chi connectivity index (χ2v) is 11.0. The molecule has 2 aliphatic heterocycles. The number of hydrogen-bond donors (Lipinski definition) is 3. The molecule has 9 heteroatoms. The first-order valence-corrected chi connectivity index (χ1v) is 14.3. The molecule has 40 heavy (non-hydrogen) atoms. The van der Waals surface area contributed by atoms with E-state index in [0.29, 0.717) is 43.6 Å². The van der Waals surface area contributed by atoms with Crippen LogP contribution in [0.4, 0.5) is 0 Å². The third kappa shape index (κ3) is 10.3. The van der Waals surface area contributed by atoms with Crippen molar-refractivity contribution in [2.24, 2.45) is 5.92 Å². The molecule has 5 atom stereocenters. The first kappa shape index (κ1) is 33.5. The zero-order valence-electron chi connectivity index (χ0n) is 24.3. The van der Waals surface area contributed by atoms with Gasteiger partial charge >= 0.3 is 17.9 Å². The van der Waals surface area contributed by atoms with Gasteiger partial charge in [-0.1, -0.05) is 56.2 Å². The smallest absolute Gasteiger partial charge is 0.328 e. The van der Waals surface area contributed by atoms with Crippen molar-refractivity contribution < 1.29 is 43.9 Å². The molecule has 2 aliphatic rings. The monoisotopic (exact) mass is 562 g/mol. The molecule has 9 nitrogen and oxygen atoms in total. The maximum absolute atomic E-state index is 12.8. The highest BCUT2D eigenvalue weighted by molar-refractivity contribution is 5.81. The van der Waals surface area contributed by atoms with E-state index in [2.05, 4.69) is 13.0 Å². The number of aliphatic hydroxyl groups is 1. The van der Waals surface area contributed by atoms with Crippen molar-refractivity contribution in [3.8, 4) is 0 Å². The molecule has 0 aromatic carbocycles. The van der Waals surface area contributed by atoms with Gasteiger partial charge in [0.25, 0.3) is 0 Å². The van der Waals surface area contributed by atoms with E-state index in [9.17, 15) is 14.4 Å². The van der Waals surface area contributed by atoms with Gasteiger partial charge < -0.3 is 29.5 Å². The lowest BCUT2D eigenvalue weighted by molar-refractivity contribution is -0.344. The van der Waals surface area contributed by atoms with Crippen LogP contribution in [0.25, 0.3) is 0 Å². The molecule has 0 bridgehead atoms. The van der Waals surface area contributed by atoms with Gasteiger partial charge in [-0.3, -0.25) is 9.59 Å². The van der Waals surface area contributed by atoms with Gasteiger partial charge in [-0.25, -0.2) is 4.79 Å². The highest BCUT2D eigenvalue weighted by Gasteiger charge is 2.54. The largest absolute Gasteiger partial charge is 0.481 e. The van der Waals surface area contributed by atoms with Gasteiger partial charge in [0.2, 0.25) is 0 Å². The Morgan fingerprint density at radius 3 is 2.42 bits per heavy atom. The number of ether oxygens (including phenoxy) is 3. The maximum Gasteiger partial charge on any atom is 0.328 e. The molecule has 1 spiro atoms. The van der Waals surface area contributed by atoms with Crippen LogP contribution in [0.5, 0.6) is 0 Å². The molecule has 0 unspecified atom stereocenters. The van der Waals surface area contributed by atoms with Crippen molar-refractivity contribution in [3.63, 3.8) is 0 Å². The SMILES string of the molecule is CCCC[C@@]1(OC(=O)CCC(=O)O)CC[C@]2(CC[C@H](C)[C@@H](C/C=C(C)/C=C/CO)O2)O[C@H]1/C=C/C(C)=C/C(=O)O. The van der Waals surface area contributed by atoms with Crippen LogP contribution in [-0.4, -0.2) is 63.4 Å². The van der Waals surface area contributed by atoms with Crippen LogP contribution in [0.3, 0.4) is 0 Å². The highest BCUT2D eigenvalue weighted by atomic mass is 16.7. The van der Waals surface area contributed by atoms with Crippen molar-refractivity contribution in [1.29, 1.82) is 0 Å². The predicted molar refractivity (Wildman–Crippen MR) is 150 cm³/mol. The third-order valence-electron chi connectivity index (χ3n) is 7.63. The number of aliphatic hydroxyl groups excluding tert-OH is 1. The van der Waals surface area contributed by atoms with E-state index in [0.717, 1.165) is 30.9 Å². The Morgan fingerprint density at radius 2 is 1.77 bits per heavy atom. The van der Waals surface area contributed by atoms with Gasteiger partial charge in [-0.15, -0.1) is 0 Å². The zero-order valence-corrected chi connectivity index (χ0v) is 24.3. The Hall–Kier alpha value is -2.75. The summed E-state index contributed by atoms with van der Waals surface area (Å²) in [5, 5.41) is 27.2. The Kier molecular flexibility index (Phi) is 13.3. The Labute approximate surface area is 237 Å². The zero-order chi connectivity index (χ0) is 29.8. The van der Waals surface area contributed by atoms with Gasteiger partial charge in [0.15, 0.2) is 5.79 Å². The van der Waals surface area contributed by atoms with Crippen LogP contribution >= 0.6 is 0 Å². The molecule has 0 amide bonds. The lowest BCUT2D eigenvalue weighted by atomic mass is 9.78. The lowest BCUT2D eigenvalue weighted by Crippen LogP contribution is -2.59. The number of carboxylic acids is 2. The first-order valence-electron chi connectivity index (χ1n) is 14.3. The van der Waals surface area contributed by atoms with Gasteiger partial charge in [-0.2, -0.15) is 0 Å². The molecule has 3 N–H and O–H groups in total. The summed E-state index contributed by atoms with van der Waals surface area (Å²) in [4.78, 5) is 35.0. The van der Waals surface area contributed by atoms with Crippen molar-refractivity contribution in [1.82, 2.24) is 0 Å². The van der Waals surface area contributed by atoms with Crippen LogP contribution < -0.4 is 0 Å². The van der Waals surface area contributed by atoms with Crippen LogP contribution in [-0.2, 0) is 28.6 Å². The topological polar surface area (TPSA) is 140 Å². The predicted octanol–water partition coefficient (Wildman–Crippen LogP) is 5.49. The second kappa shape index (κ2) is 15.9. The number of rotatable bonds is 14.